The van der Waals surface area contributed by atoms with Crippen molar-refractivity contribution < 1.29 is 21.6 Å². The first-order chi connectivity index (χ1) is 13.1. The number of alkyl halides is 3. The molecule has 10 heteroatoms. The standard InChI is InChI=1S/C18H15F3N4O2S/c1-12-6-11-17(24-23-12)22-13-7-9-14(10-8-13)25-28(26,27)16-5-3-2-4-15(16)18(19,20)21/h2-11,25H,1H3,(H,22,24). The topological polar surface area (TPSA) is 84.0 Å². The van der Waals surface area contributed by atoms with Crippen molar-refractivity contribution in [2.24, 2.45) is 0 Å². The van der Waals surface area contributed by atoms with E-state index < -0.39 is 26.7 Å². The van der Waals surface area contributed by atoms with Crippen LogP contribution in [0.4, 0.5) is 30.4 Å². The lowest BCUT2D eigenvalue weighted by molar-refractivity contribution is -0.139. The molecule has 0 radical (unpaired) electrons. The zero-order valence-electron chi connectivity index (χ0n) is 14.5. The lowest BCUT2D eigenvalue weighted by atomic mass is 10.2. The molecular formula is C18H15F3N4O2S. The van der Waals surface area contributed by atoms with Crippen LogP contribution < -0.4 is 10.0 Å². The average Bonchev–Trinajstić information content (AvgIpc) is 2.64. The van der Waals surface area contributed by atoms with Gasteiger partial charge in [-0.2, -0.15) is 18.3 Å². The smallest absolute Gasteiger partial charge is 0.339 e. The minimum Gasteiger partial charge on any atom is -0.339 e. The van der Waals surface area contributed by atoms with Gasteiger partial charge in [-0.15, -0.1) is 5.10 Å². The van der Waals surface area contributed by atoms with Crippen LogP contribution in [0.25, 0.3) is 0 Å². The maximum absolute atomic E-state index is 13.1. The molecule has 0 aliphatic rings. The zero-order valence-corrected chi connectivity index (χ0v) is 15.3. The van der Waals surface area contributed by atoms with Crippen molar-refractivity contribution in [1.82, 2.24) is 10.2 Å². The second-order valence-electron chi connectivity index (χ2n) is 5.86. The molecule has 0 amide bonds. The van der Waals surface area contributed by atoms with E-state index in [1.54, 1.807) is 31.2 Å². The molecule has 0 saturated heterocycles. The van der Waals surface area contributed by atoms with E-state index in [9.17, 15) is 21.6 Å². The molecule has 0 unspecified atom stereocenters. The number of rotatable bonds is 5. The van der Waals surface area contributed by atoms with Crippen molar-refractivity contribution in [3.63, 3.8) is 0 Å². The summed E-state index contributed by atoms with van der Waals surface area (Å²) in [5, 5.41) is 10.8. The van der Waals surface area contributed by atoms with Gasteiger partial charge in [0.1, 0.15) is 0 Å². The van der Waals surface area contributed by atoms with Crippen molar-refractivity contribution in [2.75, 3.05) is 10.0 Å². The quantitative estimate of drug-likeness (QED) is 0.656. The van der Waals surface area contributed by atoms with Gasteiger partial charge in [0.05, 0.1) is 16.2 Å². The van der Waals surface area contributed by atoms with E-state index in [2.05, 4.69) is 20.2 Å². The van der Waals surface area contributed by atoms with Crippen LogP contribution in [0.15, 0.2) is 65.6 Å². The molecule has 1 heterocycles. The van der Waals surface area contributed by atoms with E-state index >= 15 is 0 Å². The highest BCUT2D eigenvalue weighted by Gasteiger charge is 2.36. The highest BCUT2D eigenvalue weighted by molar-refractivity contribution is 7.92. The zero-order chi connectivity index (χ0) is 20.4. The lowest BCUT2D eigenvalue weighted by Crippen LogP contribution is -2.18. The molecule has 6 nitrogen and oxygen atoms in total. The van der Waals surface area contributed by atoms with Crippen molar-refractivity contribution >= 4 is 27.2 Å². The van der Waals surface area contributed by atoms with Crippen LogP contribution in [0.3, 0.4) is 0 Å². The molecule has 0 aliphatic carbocycles. The Morgan fingerprint density at radius 3 is 2.11 bits per heavy atom. The van der Waals surface area contributed by atoms with Gasteiger partial charge in [-0.1, -0.05) is 12.1 Å². The van der Waals surface area contributed by atoms with Gasteiger partial charge in [-0.05, 0) is 55.5 Å². The third kappa shape index (κ3) is 4.58. The van der Waals surface area contributed by atoms with Gasteiger partial charge < -0.3 is 5.32 Å². The normalized spacial score (nSPS) is 11.9. The van der Waals surface area contributed by atoms with Crippen LogP contribution in [0, 0.1) is 6.92 Å². The summed E-state index contributed by atoms with van der Waals surface area (Å²) in [5.41, 5.74) is 0.266. The van der Waals surface area contributed by atoms with Crippen LogP contribution in [-0.4, -0.2) is 18.6 Å². The van der Waals surface area contributed by atoms with Crippen molar-refractivity contribution in [2.45, 2.75) is 18.0 Å². The van der Waals surface area contributed by atoms with Gasteiger partial charge in [0.25, 0.3) is 10.0 Å². The number of sulfonamides is 1. The fraction of sp³-hybridized carbons (Fsp3) is 0.111. The molecule has 28 heavy (non-hydrogen) atoms. The van der Waals surface area contributed by atoms with E-state index in [-0.39, 0.29) is 5.69 Å². The first kappa shape index (κ1) is 19.6. The molecule has 0 spiro atoms. The summed E-state index contributed by atoms with van der Waals surface area (Å²) in [5.74, 6) is 0.498. The number of aromatic nitrogens is 2. The molecule has 0 fully saturated rings. The summed E-state index contributed by atoms with van der Waals surface area (Å²) in [4.78, 5) is -0.834. The molecule has 0 bridgehead atoms. The van der Waals surface area contributed by atoms with Crippen LogP contribution in [0.1, 0.15) is 11.3 Å². The summed E-state index contributed by atoms with van der Waals surface area (Å²) >= 11 is 0. The first-order valence-corrected chi connectivity index (χ1v) is 9.50. The molecular weight excluding hydrogens is 393 g/mol. The molecule has 0 atom stereocenters. The van der Waals surface area contributed by atoms with E-state index in [0.717, 1.165) is 23.9 Å². The second-order valence-corrected chi connectivity index (χ2v) is 7.51. The SMILES string of the molecule is Cc1ccc(Nc2ccc(NS(=O)(=O)c3ccccc3C(F)(F)F)cc2)nn1. The van der Waals surface area contributed by atoms with Gasteiger partial charge in [-0.25, -0.2) is 8.42 Å². The minimum atomic E-state index is -4.78. The van der Waals surface area contributed by atoms with Gasteiger partial charge in [0.15, 0.2) is 5.82 Å². The number of aryl methyl sites for hydroxylation is 1. The van der Waals surface area contributed by atoms with Crippen molar-refractivity contribution in [1.29, 1.82) is 0 Å². The molecule has 0 saturated carbocycles. The Bertz CT molecular complexity index is 1070. The van der Waals surface area contributed by atoms with Crippen LogP contribution in [0.5, 0.6) is 0 Å². The average molecular weight is 408 g/mol. The lowest BCUT2D eigenvalue weighted by Gasteiger charge is -2.14. The van der Waals surface area contributed by atoms with E-state index in [0.29, 0.717) is 11.5 Å². The number of anilines is 3. The molecule has 3 rings (SSSR count). The third-order valence-electron chi connectivity index (χ3n) is 3.69. The fourth-order valence-electron chi connectivity index (χ4n) is 2.38. The first-order valence-electron chi connectivity index (χ1n) is 8.02. The van der Waals surface area contributed by atoms with Gasteiger partial charge in [-0.3, -0.25) is 4.72 Å². The van der Waals surface area contributed by atoms with Crippen molar-refractivity contribution in [3.05, 3.63) is 71.9 Å². The third-order valence-corrected chi connectivity index (χ3v) is 5.13. The maximum atomic E-state index is 13.1. The maximum Gasteiger partial charge on any atom is 0.417 e. The minimum absolute atomic E-state index is 0.123. The molecule has 2 aromatic carbocycles. The van der Waals surface area contributed by atoms with E-state index in [1.165, 1.54) is 18.2 Å². The van der Waals surface area contributed by atoms with Crippen molar-refractivity contribution in [3.8, 4) is 0 Å². The second kappa shape index (κ2) is 7.47. The highest BCUT2D eigenvalue weighted by Crippen LogP contribution is 2.34. The fourth-order valence-corrected chi connectivity index (χ4v) is 3.67. The Morgan fingerprint density at radius 2 is 1.50 bits per heavy atom. The largest absolute Gasteiger partial charge is 0.417 e. The Hall–Kier alpha value is -3.14. The number of halogens is 3. The van der Waals surface area contributed by atoms with Gasteiger partial charge >= 0.3 is 6.18 Å². The van der Waals surface area contributed by atoms with Crippen LogP contribution >= 0.6 is 0 Å². The molecule has 0 aliphatic heterocycles. The number of nitrogens with one attached hydrogen (secondary N) is 2. The van der Waals surface area contributed by atoms with E-state index in [4.69, 9.17) is 0 Å². The Balaban J connectivity index is 1.79. The van der Waals surface area contributed by atoms with E-state index in [1.807, 2.05) is 0 Å². The molecule has 146 valence electrons. The van der Waals surface area contributed by atoms with Crippen LogP contribution in [0.2, 0.25) is 0 Å². The Labute approximate surface area is 159 Å². The molecule has 2 N–H and O–H groups in total. The number of benzene rings is 2. The number of hydrogen-bond acceptors (Lipinski definition) is 5. The van der Waals surface area contributed by atoms with Crippen LogP contribution in [-0.2, 0) is 16.2 Å². The van der Waals surface area contributed by atoms with Gasteiger partial charge in [0.2, 0.25) is 0 Å². The summed E-state index contributed by atoms with van der Waals surface area (Å²) < 4.78 is 66.3. The molecule has 1 aromatic heterocycles. The highest BCUT2D eigenvalue weighted by atomic mass is 32.2. The summed E-state index contributed by atoms with van der Waals surface area (Å²) in [7, 11) is -4.42. The monoisotopic (exact) mass is 408 g/mol. The number of hydrogen-bond donors (Lipinski definition) is 2. The molecule has 3 aromatic rings. The summed E-state index contributed by atoms with van der Waals surface area (Å²) in [6, 6.07) is 13.5. The predicted molar refractivity (Wildman–Crippen MR) is 98.7 cm³/mol. The number of nitrogens with zero attached hydrogens (tertiary/aromatic N) is 2. The summed E-state index contributed by atoms with van der Waals surface area (Å²) in [6.07, 6.45) is -4.78. The van der Waals surface area contributed by atoms with Gasteiger partial charge in [0, 0.05) is 11.4 Å². The Morgan fingerprint density at radius 1 is 0.857 bits per heavy atom. The predicted octanol–water partition coefficient (Wildman–Crippen LogP) is 4.35. The Kier molecular flexibility index (Phi) is 5.23. The summed E-state index contributed by atoms with van der Waals surface area (Å²) in [6.45, 7) is 1.80.